The van der Waals surface area contributed by atoms with Gasteiger partial charge in [0.1, 0.15) is 23.0 Å². The highest BCUT2D eigenvalue weighted by Gasteiger charge is 2.32. The van der Waals surface area contributed by atoms with Gasteiger partial charge in [0.05, 0.1) is 29.7 Å². The van der Waals surface area contributed by atoms with Crippen molar-refractivity contribution in [3.8, 4) is 5.75 Å². The van der Waals surface area contributed by atoms with Crippen molar-refractivity contribution in [1.82, 2.24) is 10.6 Å². The van der Waals surface area contributed by atoms with Crippen molar-refractivity contribution >= 4 is 16.5 Å². The summed E-state index contributed by atoms with van der Waals surface area (Å²) in [5.74, 6) is -1.15. The number of ether oxygens (including phenoxy) is 1. The number of carbonyl (C=O) groups excluding carboxylic acids is 1. The van der Waals surface area contributed by atoms with Crippen LogP contribution in [-0.2, 0) is 12.2 Å². The van der Waals surface area contributed by atoms with E-state index in [1.165, 1.54) is 0 Å². The van der Waals surface area contributed by atoms with E-state index < -0.39 is 51.9 Å². The monoisotopic (exact) mass is 574 g/mol. The lowest BCUT2D eigenvalue weighted by atomic mass is 9.98. The molecule has 7 nitrogen and oxygen atoms in total. The lowest BCUT2D eigenvalue weighted by Gasteiger charge is -2.42. The van der Waals surface area contributed by atoms with Crippen LogP contribution in [0.3, 0.4) is 0 Å². The number of rotatable bonds is 9. The number of benzene rings is 3. The first-order valence-electron chi connectivity index (χ1n) is 13.1. The summed E-state index contributed by atoms with van der Waals surface area (Å²) in [6.45, 7) is 5.76. The van der Waals surface area contributed by atoms with Crippen molar-refractivity contribution in [2.75, 3.05) is 12.3 Å². The maximum absolute atomic E-state index is 13.9. The molecule has 0 fully saturated rings. The fourth-order valence-corrected chi connectivity index (χ4v) is 6.50. The summed E-state index contributed by atoms with van der Waals surface area (Å²) in [6.07, 6.45) is -1.21. The first kappa shape index (κ1) is 30.0. The fraction of sp³-hybridized carbons (Fsp3) is 0.367. The molecule has 0 unspecified atom stereocenters. The third kappa shape index (κ3) is 8.25. The molecule has 40 heavy (non-hydrogen) atoms. The Kier molecular flexibility index (Phi) is 9.16. The van der Waals surface area contributed by atoms with E-state index in [9.17, 15) is 27.8 Å². The largest absolute Gasteiger partial charge is 0.488 e. The molecule has 1 heterocycles. The van der Waals surface area contributed by atoms with Crippen LogP contribution in [0.15, 0.2) is 66.7 Å². The summed E-state index contributed by atoms with van der Waals surface area (Å²) in [5.41, 5.74) is 1.82. The molecule has 0 aromatic heterocycles. The van der Waals surface area contributed by atoms with E-state index in [-0.39, 0.29) is 30.0 Å². The lowest BCUT2D eigenvalue weighted by Crippen LogP contribution is -2.49. The number of hydrogen-bond acceptors (Lipinski definition) is 6. The molecular formula is C30H36F2N2O5S. The van der Waals surface area contributed by atoms with Gasteiger partial charge in [0.25, 0.3) is 5.91 Å². The summed E-state index contributed by atoms with van der Waals surface area (Å²) in [6, 6.07) is 15.6. The van der Waals surface area contributed by atoms with Gasteiger partial charge >= 0.3 is 0 Å². The molecule has 0 bridgehead atoms. The minimum Gasteiger partial charge on any atom is -0.488 e. The quantitative estimate of drug-likeness (QED) is 0.233. The zero-order chi connectivity index (χ0) is 29.1. The van der Waals surface area contributed by atoms with Crippen LogP contribution in [0.25, 0.3) is 0 Å². The third-order valence-corrected chi connectivity index (χ3v) is 8.15. The van der Waals surface area contributed by atoms with E-state index in [0.29, 0.717) is 11.3 Å². The minimum atomic E-state index is -2.91. The Morgan fingerprint density at radius 2 is 1.73 bits per heavy atom. The standard InChI is InChI=1S/C30H36F2N2O5S/c1-30(2,3)39-24-10-9-21-17-40(37,38)18-27(25(21)15-24)33-16-28(35)26(13-19-11-22(31)14-23(32)12-19)34-29(36)20-7-5-4-6-8-20/h4-12,14-15,26-28,33,35,37-38H,13,16-18H2,1-3H3,(H,34,36)/t26-,27-,28+/m0/s1. The first-order chi connectivity index (χ1) is 18.8. The molecule has 5 N–H and O–H groups in total. The van der Waals surface area contributed by atoms with Crippen LogP contribution >= 0.6 is 10.6 Å². The topological polar surface area (TPSA) is 111 Å². The van der Waals surface area contributed by atoms with Crippen molar-refractivity contribution in [1.29, 1.82) is 0 Å². The summed E-state index contributed by atoms with van der Waals surface area (Å²) < 4.78 is 55.0. The molecule has 0 aliphatic carbocycles. The smallest absolute Gasteiger partial charge is 0.251 e. The average Bonchev–Trinajstić information content (AvgIpc) is 2.85. The number of fused-ring (bicyclic) bond motifs is 1. The van der Waals surface area contributed by atoms with Crippen LogP contribution in [-0.4, -0.2) is 50.2 Å². The van der Waals surface area contributed by atoms with Crippen LogP contribution in [0, 0.1) is 11.6 Å². The highest BCUT2D eigenvalue weighted by atomic mass is 32.3. The molecule has 10 heteroatoms. The molecule has 3 aromatic rings. The van der Waals surface area contributed by atoms with E-state index in [0.717, 1.165) is 29.3 Å². The van der Waals surface area contributed by atoms with Crippen LogP contribution < -0.4 is 15.4 Å². The molecule has 216 valence electrons. The van der Waals surface area contributed by atoms with Crippen molar-refractivity contribution in [3.05, 3.63) is 101 Å². The molecule has 0 radical (unpaired) electrons. The van der Waals surface area contributed by atoms with Gasteiger partial charge in [-0.05, 0) is 80.3 Å². The molecule has 1 amide bonds. The van der Waals surface area contributed by atoms with Crippen molar-refractivity contribution in [3.63, 3.8) is 0 Å². The number of nitrogens with one attached hydrogen (secondary N) is 2. The Morgan fingerprint density at radius 1 is 1.05 bits per heavy atom. The Morgan fingerprint density at radius 3 is 2.38 bits per heavy atom. The molecule has 3 atom stereocenters. The summed E-state index contributed by atoms with van der Waals surface area (Å²) >= 11 is 0. The molecule has 0 saturated carbocycles. The van der Waals surface area contributed by atoms with E-state index >= 15 is 0 Å². The van der Waals surface area contributed by atoms with Crippen LogP contribution in [0.4, 0.5) is 8.78 Å². The second kappa shape index (κ2) is 12.2. The number of aliphatic hydroxyl groups is 1. The van der Waals surface area contributed by atoms with Crippen molar-refractivity contribution in [2.45, 2.75) is 56.7 Å². The second-order valence-corrected chi connectivity index (χ2v) is 13.4. The highest BCUT2D eigenvalue weighted by molar-refractivity contribution is 8.23. The van der Waals surface area contributed by atoms with Crippen molar-refractivity contribution in [2.24, 2.45) is 0 Å². The summed E-state index contributed by atoms with van der Waals surface area (Å²) in [7, 11) is -2.91. The molecule has 0 saturated heterocycles. The number of halogens is 2. The van der Waals surface area contributed by atoms with Gasteiger partial charge in [-0.15, -0.1) is 0 Å². The minimum absolute atomic E-state index is 0.0316. The molecule has 0 spiro atoms. The maximum atomic E-state index is 13.9. The fourth-order valence-electron chi connectivity index (χ4n) is 4.79. The predicted molar refractivity (Wildman–Crippen MR) is 153 cm³/mol. The van der Waals surface area contributed by atoms with Crippen LogP contribution in [0.2, 0.25) is 0 Å². The summed E-state index contributed by atoms with van der Waals surface area (Å²) in [4.78, 5) is 12.9. The molecule has 3 aromatic carbocycles. The van der Waals surface area contributed by atoms with Gasteiger partial charge in [-0.3, -0.25) is 13.9 Å². The van der Waals surface area contributed by atoms with Gasteiger partial charge in [-0.2, -0.15) is 10.6 Å². The zero-order valence-electron chi connectivity index (χ0n) is 22.7. The normalized spacial score (nSPS) is 18.8. The maximum Gasteiger partial charge on any atom is 0.251 e. The number of amides is 1. The number of carbonyl (C=O) groups is 1. The Balaban J connectivity index is 1.55. The molecule has 1 aliphatic heterocycles. The first-order valence-corrected chi connectivity index (χ1v) is 14.9. The molecular weight excluding hydrogens is 538 g/mol. The average molecular weight is 575 g/mol. The Hall–Kier alpha value is -3.02. The van der Waals surface area contributed by atoms with Crippen LogP contribution in [0.1, 0.15) is 53.9 Å². The van der Waals surface area contributed by atoms with Gasteiger partial charge in [-0.1, -0.05) is 24.3 Å². The van der Waals surface area contributed by atoms with E-state index in [1.54, 1.807) is 36.4 Å². The zero-order valence-corrected chi connectivity index (χ0v) is 23.6. The third-order valence-electron chi connectivity index (χ3n) is 6.51. The number of aliphatic hydroxyl groups excluding tert-OH is 1. The summed E-state index contributed by atoms with van der Waals surface area (Å²) in [5, 5.41) is 17.2. The molecule has 4 rings (SSSR count). The van der Waals surface area contributed by atoms with E-state index in [1.807, 2.05) is 32.9 Å². The van der Waals surface area contributed by atoms with E-state index in [2.05, 4.69) is 10.6 Å². The SMILES string of the molecule is CC(C)(C)Oc1ccc2c(c1)[C@@H](NC[C@@H](O)[C@H](Cc1cc(F)cc(F)c1)NC(=O)c1ccccc1)CS(O)(O)C2. The van der Waals surface area contributed by atoms with Gasteiger partial charge in [-0.25, -0.2) is 8.78 Å². The Bertz CT molecular complexity index is 1310. The van der Waals surface area contributed by atoms with Gasteiger partial charge in [0.15, 0.2) is 0 Å². The highest BCUT2D eigenvalue weighted by Crippen LogP contribution is 2.51. The lowest BCUT2D eigenvalue weighted by molar-refractivity contribution is 0.0825. The second-order valence-electron chi connectivity index (χ2n) is 11.1. The predicted octanol–water partition coefficient (Wildman–Crippen LogP) is 5.44. The van der Waals surface area contributed by atoms with Gasteiger partial charge in [0.2, 0.25) is 0 Å². The van der Waals surface area contributed by atoms with Gasteiger partial charge in [0, 0.05) is 18.2 Å². The Labute approximate surface area is 234 Å². The van der Waals surface area contributed by atoms with E-state index in [4.69, 9.17) is 4.74 Å². The van der Waals surface area contributed by atoms with Crippen LogP contribution in [0.5, 0.6) is 5.75 Å². The number of hydrogen-bond donors (Lipinski definition) is 5. The van der Waals surface area contributed by atoms with Crippen molar-refractivity contribution < 1.29 is 32.5 Å². The van der Waals surface area contributed by atoms with Gasteiger partial charge < -0.3 is 20.5 Å². The molecule has 1 aliphatic rings.